The number of nitrogens with one attached hydrogen (secondary N) is 3. The summed E-state index contributed by atoms with van der Waals surface area (Å²) in [6, 6.07) is 16.4. The summed E-state index contributed by atoms with van der Waals surface area (Å²) in [6.45, 7) is 4.05. The molecule has 3 aromatic heterocycles. The summed E-state index contributed by atoms with van der Waals surface area (Å²) < 4.78 is 15.9. The average Bonchev–Trinajstić information content (AvgIpc) is 3.33. The van der Waals surface area contributed by atoms with E-state index in [1.54, 1.807) is 22.7 Å². The van der Waals surface area contributed by atoms with Crippen molar-refractivity contribution in [1.82, 2.24) is 25.2 Å². The molecule has 0 aliphatic carbocycles. The predicted octanol–water partition coefficient (Wildman–Crippen LogP) is 3.49. The number of aromatic nitrogens is 3. The fraction of sp³-hybridized carbons (Fsp3) is 0.250. The average molecular weight is 530 g/mol. The van der Waals surface area contributed by atoms with Crippen LogP contribution < -0.4 is 16.0 Å². The highest BCUT2D eigenvalue weighted by atomic mass is 19.1. The van der Waals surface area contributed by atoms with E-state index in [0.717, 1.165) is 5.56 Å². The summed E-state index contributed by atoms with van der Waals surface area (Å²) in [4.78, 5) is 28.9. The van der Waals surface area contributed by atoms with Crippen LogP contribution in [0.1, 0.15) is 42.3 Å². The molecule has 0 aliphatic rings. The molecule has 0 unspecified atom stereocenters. The normalized spacial score (nSPS) is 12.0. The minimum Gasteiger partial charge on any atom is -0.387 e. The molecule has 200 valence electrons. The van der Waals surface area contributed by atoms with Crippen molar-refractivity contribution in [3.63, 3.8) is 0 Å². The Labute approximate surface area is 224 Å². The van der Waals surface area contributed by atoms with Crippen LogP contribution in [0.5, 0.6) is 0 Å². The van der Waals surface area contributed by atoms with Gasteiger partial charge in [0.2, 0.25) is 5.91 Å². The first-order chi connectivity index (χ1) is 18.5. The van der Waals surface area contributed by atoms with E-state index in [1.165, 1.54) is 33.2 Å². The van der Waals surface area contributed by atoms with E-state index in [0.29, 0.717) is 40.4 Å². The Kier molecular flexibility index (Phi) is 7.88. The minimum absolute atomic E-state index is 0.154. The first-order valence-corrected chi connectivity index (χ1v) is 12.2. The van der Waals surface area contributed by atoms with Crippen molar-refractivity contribution in [3.05, 3.63) is 77.6 Å². The molecule has 4 N–H and O–H groups in total. The SMILES string of the molecule is CC(=O)NCc1cccc(Nc2cc(-c3ccc4cc(C#N)cnn34)ncc2C(=O)NC[C@@H](F)C(C)(C)O)c1. The van der Waals surface area contributed by atoms with Crippen LogP contribution in [-0.4, -0.2) is 49.8 Å². The maximum atomic E-state index is 14.3. The summed E-state index contributed by atoms with van der Waals surface area (Å²) in [5.74, 6) is -0.729. The molecule has 0 spiro atoms. The number of aliphatic hydroxyl groups is 1. The van der Waals surface area contributed by atoms with Crippen molar-refractivity contribution in [1.29, 1.82) is 5.26 Å². The number of pyridine rings is 1. The lowest BCUT2D eigenvalue weighted by Gasteiger charge is -2.22. The first-order valence-electron chi connectivity index (χ1n) is 12.2. The molecule has 4 aromatic rings. The molecule has 11 heteroatoms. The van der Waals surface area contributed by atoms with Gasteiger partial charge in [0.1, 0.15) is 12.2 Å². The highest BCUT2D eigenvalue weighted by Crippen LogP contribution is 2.28. The van der Waals surface area contributed by atoms with Crippen LogP contribution in [0.25, 0.3) is 16.9 Å². The fourth-order valence-corrected chi connectivity index (χ4v) is 3.80. The Bertz CT molecular complexity index is 1570. The van der Waals surface area contributed by atoms with E-state index in [2.05, 4.69) is 32.1 Å². The molecule has 0 radical (unpaired) electrons. The maximum absolute atomic E-state index is 14.3. The van der Waals surface area contributed by atoms with Gasteiger partial charge in [-0.15, -0.1) is 0 Å². The standard InChI is InChI=1S/C28H28FN7O3/c1-17(37)31-13-18-5-4-6-20(9-18)35-23-11-24(25-8-7-21-10-19(12-30)14-34-36(21)25)32-15-22(23)27(38)33-16-26(29)28(2,3)39/h4-11,14-15,26,39H,13,16H2,1-3H3,(H,31,37)(H,32,35)(H,33,38)/t26-/m1/s1. The van der Waals surface area contributed by atoms with Crippen LogP contribution in [0.3, 0.4) is 0 Å². The number of hydrogen-bond acceptors (Lipinski definition) is 7. The molecule has 0 saturated carbocycles. The Morgan fingerprint density at radius 1 is 1.15 bits per heavy atom. The number of hydrogen-bond donors (Lipinski definition) is 4. The zero-order valence-corrected chi connectivity index (χ0v) is 21.7. The van der Waals surface area contributed by atoms with Crippen molar-refractivity contribution >= 4 is 28.7 Å². The van der Waals surface area contributed by atoms with Crippen LogP contribution in [0.4, 0.5) is 15.8 Å². The number of carbonyl (C=O) groups is 2. The topological polar surface area (TPSA) is 144 Å². The molecule has 0 saturated heterocycles. The number of fused-ring (bicyclic) bond motifs is 1. The number of halogens is 1. The predicted molar refractivity (Wildman–Crippen MR) is 144 cm³/mol. The molecule has 0 aliphatic heterocycles. The zero-order valence-electron chi connectivity index (χ0n) is 21.7. The molecule has 39 heavy (non-hydrogen) atoms. The molecule has 1 aromatic carbocycles. The number of amides is 2. The van der Waals surface area contributed by atoms with Crippen molar-refractivity contribution in [3.8, 4) is 17.5 Å². The van der Waals surface area contributed by atoms with Gasteiger partial charge in [-0.1, -0.05) is 12.1 Å². The summed E-state index contributed by atoms with van der Waals surface area (Å²) in [6.07, 6.45) is 1.16. The number of nitrogens with zero attached hydrogens (tertiary/aromatic N) is 4. The lowest BCUT2D eigenvalue weighted by Crippen LogP contribution is -2.42. The fourth-order valence-electron chi connectivity index (χ4n) is 3.80. The van der Waals surface area contributed by atoms with Crippen LogP contribution in [0.15, 0.2) is 60.9 Å². The number of rotatable bonds is 9. The van der Waals surface area contributed by atoms with Gasteiger partial charge in [-0.05, 0) is 55.8 Å². The quantitative estimate of drug-likeness (QED) is 0.260. The maximum Gasteiger partial charge on any atom is 0.255 e. The van der Waals surface area contributed by atoms with Crippen LogP contribution in [-0.2, 0) is 11.3 Å². The Balaban J connectivity index is 1.70. The smallest absolute Gasteiger partial charge is 0.255 e. The van der Waals surface area contributed by atoms with Crippen LogP contribution >= 0.6 is 0 Å². The molecule has 0 fully saturated rings. The minimum atomic E-state index is -1.67. The molecule has 3 heterocycles. The van der Waals surface area contributed by atoms with Gasteiger partial charge in [0.05, 0.1) is 52.1 Å². The number of nitriles is 1. The van der Waals surface area contributed by atoms with Gasteiger partial charge < -0.3 is 21.1 Å². The number of carbonyl (C=O) groups excluding carboxylic acids is 2. The van der Waals surface area contributed by atoms with Gasteiger partial charge in [-0.3, -0.25) is 14.6 Å². The monoisotopic (exact) mass is 529 g/mol. The number of alkyl halides is 1. The van der Waals surface area contributed by atoms with E-state index in [-0.39, 0.29) is 18.0 Å². The third-order valence-corrected chi connectivity index (χ3v) is 6.00. The van der Waals surface area contributed by atoms with E-state index < -0.39 is 17.7 Å². The van der Waals surface area contributed by atoms with Gasteiger partial charge in [0.25, 0.3) is 5.91 Å². The van der Waals surface area contributed by atoms with Crippen LogP contribution in [0.2, 0.25) is 0 Å². The van der Waals surface area contributed by atoms with Gasteiger partial charge >= 0.3 is 0 Å². The molecule has 2 amide bonds. The van der Waals surface area contributed by atoms with E-state index in [1.807, 2.05) is 30.3 Å². The first kappa shape index (κ1) is 27.2. The van der Waals surface area contributed by atoms with Gasteiger partial charge in [-0.25, -0.2) is 8.91 Å². The van der Waals surface area contributed by atoms with Crippen molar-refractivity contribution in [2.45, 2.75) is 39.1 Å². The number of benzene rings is 1. The molecule has 1 atom stereocenters. The summed E-state index contributed by atoms with van der Waals surface area (Å²) >= 11 is 0. The second-order valence-corrected chi connectivity index (χ2v) is 9.59. The van der Waals surface area contributed by atoms with E-state index >= 15 is 0 Å². The summed E-state index contributed by atoms with van der Waals surface area (Å²) in [5, 5.41) is 31.9. The van der Waals surface area contributed by atoms with Crippen molar-refractivity contribution in [2.24, 2.45) is 0 Å². The lowest BCUT2D eigenvalue weighted by molar-refractivity contribution is -0.119. The molecule has 0 bridgehead atoms. The second-order valence-electron chi connectivity index (χ2n) is 9.59. The lowest BCUT2D eigenvalue weighted by atomic mass is 10.0. The highest BCUT2D eigenvalue weighted by molar-refractivity contribution is 6.00. The second kappa shape index (κ2) is 11.3. The van der Waals surface area contributed by atoms with E-state index in [4.69, 9.17) is 5.26 Å². The van der Waals surface area contributed by atoms with Gasteiger partial charge in [0.15, 0.2) is 0 Å². The molecular weight excluding hydrogens is 501 g/mol. The third-order valence-electron chi connectivity index (χ3n) is 6.00. The molecule has 4 rings (SSSR count). The highest BCUT2D eigenvalue weighted by Gasteiger charge is 2.27. The zero-order chi connectivity index (χ0) is 28.2. The van der Waals surface area contributed by atoms with Crippen molar-refractivity contribution < 1.29 is 19.1 Å². The van der Waals surface area contributed by atoms with Crippen LogP contribution in [0, 0.1) is 11.3 Å². The summed E-state index contributed by atoms with van der Waals surface area (Å²) in [7, 11) is 0. The Morgan fingerprint density at radius 2 is 1.95 bits per heavy atom. The Morgan fingerprint density at radius 3 is 2.67 bits per heavy atom. The molecular formula is C28H28FN7O3. The number of anilines is 2. The van der Waals surface area contributed by atoms with E-state index in [9.17, 15) is 19.1 Å². The molecule has 10 nitrogen and oxygen atoms in total. The van der Waals surface area contributed by atoms with Crippen molar-refractivity contribution in [2.75, 3.05) is 11.9 Å². The van der Waals surface area contributed by atoms with Gasteiger partial charge in [0, 0.05) is 25.4 Å². The Hall–Kier alpha value is -4.82. The largest absolute Gasteiger partial charge is 0.387 e. The summed E-state index contributed by atoms with van der Waals surface area (Å²) in [5.41, 5.74) is 2.71. The van der Waals surface area contributed by atoms with Gasteiger partial charge in [-0.2, -0.15) is 10.4 Å². The third kappa shape index (κ3) is 6.55.